The van der Waals surface area contributed by atoms with Crippen molar-refractivity contribution in [3.63, 3.8) is 0 Å². The highest BCUT2D eigenvalue weighted by atomic mass is 35.5. The molecule has 1 saturated heterocycles. The number of likely N-dealkylation sites (N-methyl/N-ethyl adjacent to an activating group) is 1. The topological polar surface area (TPSA) is 52.7 Å². The van der Waals surface area contributed by atoms with Crippen LogP contribution in [0.25, 0.3) is 0 Å². The zero-order valence-corrected chi connectivity index (χ0v) is 17.9. The number of thiophene rings is 1. The maximum Gasteiger partial charge on any atom is 0.244 e. The van der Waals surface area contributed by atoms with E-state index in [4.69, 9.17) is 11.6 Å². The number of likely N-dealkylation sites (tertiary alicyclic amines) is 1. The number of rotatable bonds is 7. The minimum atomic E-state index is -0.211. The van der Waals surface area contributed by atoms with Crippen LogP contribution in [0.1, 0.15) is 36.2 Å². The Balaban J connectivity index is 1.58. The number of anilines is 1. The maximum atomic E-state index is 12.8. The van der Waals surface area contributed by atoms with Gasteiger partial charge < -0.3 is 10.2 Å². The number of amides is 2. The number of aryl methyl sites for hydroxylation is 1. The molecule has 28 heavy (non-hydrogen) atoms. The van der Waals surface area contributed by atoms with Gasteiger partial charge >= 0.3 is 0 Å². The third kappa shape index (κ3) is 5.13. The van der Waals surface area contributed by atoms with E-state index in [1.54, 1.807) is 28.4 Å². The second-order valence-electron chi connectivity index (χ2n) is 7.06. The standard InChI is InChI=1S/C21H26ClN3O2S/c1-3-24(13-20(26)23-17-12-16(22)9-8-15(17)2)21(27)14-25-10-4-6-18(25)19-7-5-11-28-19/h5,7-9,11-12,18H,3-4,6,10,13-14H2,1-2H3,(H,23,26)/t18-/m0/s1. The summed E-state index contributed by atoms with van der Waals surface area (Å²) < 4.78 is 0. The van der Waals surface area contributed by atoms with E-state index in [-0.39, 0.29) is 18.4 Å². The normalized spacial score (nSPS) is 16.9. The summed E-state index contributed by atoms with van der Waals surface area (Å²) in [4.78, 5) is 30.5. The number of halogens is 1. The van der Waals surface area contributed by atoms with Crippen LogP contribution in [-0.2, 0) is 9.59 Å². The second-order valence-corrected chi connectivity index (χ2v) is 8.47. The molecular formula is C21H26ClN3O2S. The van der Waals surface area contributed by atoms with Gasteiger partial charge in [-0.15, -0.1) is 11.3 Å². The van der Waals surface area contributed by atoms with Gasteiger partial charge in [-0.2, -0.15) is 0 Å². The Hall–Kier alpha value is -1.89. The highest BCUT2D eigenvalue weighted by Gasteiger charge is 2.29. The van der Waals surface area contributed by atoms with Crippen LogP contribution in [0.2, 0.25) is 5.02 Å². The van der Waals surface area contributed by atoms with Gasteiger partial charge in [0.2, 0.25) is 11.8 Å². The zero-order valence-electron chi connectivity index (χ0n) is 16.3. The lowest BCUT2D eigenvalue weighted by Crippen LogP contribution is -2.43. The molecule has 0 bridgehead atoms. The first-order valence-corrected chi connectivity index (χ1v) is 10.8. The zero-order chi connectivity index (χ0) is 20.1. The molecule has 1 aliphatic rings. The highest BCUT2D eigenvalue weighted by molar-refractivity contribution is 7.10. The van der Waals surface area contributed by atoms with Crippen molar-refractivity contribution in [2.75, 3.05) is 31.5 Å². The molecule has 2 heterocycles. The first-order chi connectivity index (χ1) is 13.5. The smallest absolute Gasteiger partial charge is 0.244 e. The third-order valence-corrected chi connectivity index (χ3v) is 6.32. The fraction of sp³-hybridized carbons (Fsp3) is 0.429. The van der Waals surface area contributed by atoms with Gasteiger partial charge in [-0.25, -0.2) is 0 Å². The fourth-order valence-electron chi connectivity index (χ4n) is 3.56. The summed E-state index contributed by atoms with van der Waals surface area (Å²) in [6.07, 6.45) is 2.17. The van der Waals surface area contributed by atoms with Gasteiger partial charge in [-0.3, -0.25) is 14.5 Å². The molecule has 2 aromatic rings. The largest absolute Gasteiger partial charge is 0.333 e. The van der Waals surface area contributed by atoms with Crippen LogP contribution in [0.3, 0.4) is 0 Å². The van der Waals surface area contributed by atoms with E-state index in [1.165, 1.54) is 4.88 Å². The first kappa shape index (κ1) is 20.8. The van der Waals surface area contributed by atoms with E-state index in [2.05, 4.69) is 27.7 Å². The predicted octanol–water partition coefficient (Wildman–Crippen LogP) is 4.33. The summed E-state index contributed by atoms with van der Waals surface area (Å²) in [6, 6.07) is 9.87. The van der Waals surface area contributed by atoms with E-state index in [9.17, 15) is 9.59 Å². The van der Waals surface area contributed by atoms with Gasteiger partial charge in [0.25, 0.3) is 0 Å². The van der Waals surface area contributed by atoms with Gasteiger partial charge in [0.15, 0.2) is 0 Å². The predicted molar refractivity (Wildman–Crippen MR) is 115 cm³/mol. The van der Waals surface area contributed by atoms with Gasteiger partial charge in [-0.05, 0) is 62.4 Å². The molecule has 2 amide bonds. The lowest BCUT2D eigenvalue weighted by Gasteiger charge is -2.27. The number of carbonyl (C=O) groups excluding carboxylic acids is 2. The molecule has 7 heteroatoms. The minimum absolute atomic E-state index is 0.0103. The molecule has 150 valence electrons. The van der Waals surface area contributed by atoms with Gasteiger partial charge in [0.05, 0.1) is 13.1 Å². The van der Waals surface area contributed by atoms with Gasteiger partial charge in [-0.1, -0.05) is 23.7 Å². The molecule has 0 unspecified atom stereocenters. The SMILES string of the molecule is CCN(CC(=O)Nc1cc(Cl)ccc1C)C(=O)CN1CCC[C@H]1c1cccs1. The van der Waals surface area contributed by atoms with E-state index >= 15 is 0 Å². The molecule has 1 aromatic carbocycles. The summed E-state index contributed by atoms with van der Waals surface area (Å²) in [5.74, 6) is -0.222. The molecule has 0 saturated carbocycles. The van der Waals surface area contributed by atoms with E-state index in [0.717, 1.165) is 24.9 Å². The molecule has 0 aliphatic carbocycles. The fourth-order valence-corrected chi connectivity index (χ4v) is 4.63. The van der Waals surface area contributed by atoms with Crippen LogP contribution in [0.4, 0.5) is 5.69 Å². The molecule has 5 nitrogen and oxygen atoms in total. The summed E-state index contributed by atoms with van der Waals surface area (Å²) >= 11 is 7.75. The molecule has 0 spiro atoms. The van der Waals surface area contributed by atoms with Crippen molar-refractivity contribution in [2.45, 2.75) is 32.7 Å². The number of nitrogens with one attached hydrogen (secondary N) is 1. The lowest BCUT2D eigenvalue weighted by atomic mass is 10.2. The molecule has 3 rings (SSSR count). The van der Waals surface area contributed by atoms with Crippen molar-refractivity contribution in [1.29, 1.82) is 0 Å². The van der Waals surface area contributed by atoms with Crippen LogP contribution >= 0.6 is 22.9 Å². The first-order valence-electron chi connectivity index (χ1n) is 9.59. The molecule has 1 fully saturated rings. The van der Waals surface area contributed by atoms with Crippen molar-refractivity contribution in [2.24, 2.45) is 0 Å². The molecule has 0 radical (unpaired) electrons. The Morgan fingerprint density at radius 1 is 1.36 bits per heavy atom. The monoisotopic (exact) mass is 419 g/mol. The van der Waals surface area contributed by atoms with Crippen LogP contribution < -0.4 is 5.32 Å². The van der Waals surface area contributed by atoms with E-state index in [0.29, 0.717) is 29.8 Å². The van der Waals surface area contributed by atoms with Crippen molar-refractivity contribution in [3.8, 4) is 0 Å². The lowest BCUT2D eigenvalue weighted by molar-refractivity contribution is -0.135. The number of hydrogen-bond donors (Lipinski definition) is 1. The van der Waals surface area contributed by atoms with E-state index < -0.39 is 0 Å². The third-order valence-electron chi connectivity index (χ3n) is 5.12. The second kappa shape index (κ2) is 9.54. The van der Waals surface area contributed by atoms with Crippen LogP contribution in [0, 0.1) is 6.92 Å². The molecular weight excluding hydrogens is 394 g/mol. The summed E-state index contributed by atoms with van der Waals surface area (Å²) in [6.45, 7) is 5.61. The van der Waals surface area contributed by atoms with Crippen LogP contribution in [-0.4, -0.2) is 47.8 Å². The number of hydrogen-bond acceptors (Lipinski definition) is 4. The Morgan fingerprint density at radius 3 is 2.89 bits per heavy atom. The van der Waals surface area contributed by atoms with E-state index in [1.807, 2.05) is 19.9 Å². The Bertz CT molecular complexity index is 825. The highest BCUT2D eigenvalue weighted by Crippen LogP contribution is 2.34. The number of carbonyl (C=O) groups is 2. The van der Waals surface area contributed by atoms with Crippen molar-refractivity contribution in [3.05, 3.63) is 51.2 Å². The minimum Gasteiger partial charge on any atom is -0.333 e. The van der Waals surface area contributed by atoms with Gasteiger partial charge in [0, 0.05) is 28.2 Å². The van der Waals surface area contributed by atoms with Crippen molar-refractivity contribution in [1.82, 2.24) is 9.80 Å². The van der Waals surface area contributed by atoms with Crippen molar-refractivity contribution < 1.29 is 9.59 Å². The Labute approximate surface area is 175 Å². The average Bonchev–Trinajstić information content (AvgIpc) is 3.34. The Morgan fingerprint density at radius 2 is 2.18 bits per heavy atom. The average molecular weight is 420 g/mol. The van der Waals surface area contributed by atoms with Crippen molar-refractivity contribution >= 4 is 40.4 Å². The number of benzene rings is 1. The van der Waals surface area contributed by atoms with Gasteiger partial charge in [0.1, 0.15) is 0 Å². The number of nitrogens with zero attached hydrogens (tertiary/aromatic N) is 2. The molecule has 1 atom stereocenters. The summed E-state index contributed by atoms with van der Waals surface area (Å²) in [5.41, 5.74) is 1.61. The Kier molecular flexibility index (Phi) is 7.10. The quantitative estimate of drug-likeness (QED) is 0.726. The molecule has 1 N–H and O–H groups in total. The van der Waals surface area contributed by atoms with Crippen LogP contribution in [0.15, 0.2) is 35.7 Å². The summed E-state index contributed by atoms with van der Waals surface area (Å²) in [5, 5.41) is 5.51. The maximum absolute atomic E-state index is 12.8. The summed E-state index contributed by atoms with van der Waals surface area (Å²) in [7, 11) is 0. The molecule has 1 aliphatic heterocycles. The van der Waals surface area contributed by atoms with Crippen LogP contribution in [0.5, 0.6) is 0 Å². The molecule has 1 aromatic heterocycles.